The molecule has 2 saturated carbocycles. The van der Waals surface area contributed by atoms with Crippen molar-refractivity contribution in [2.24, 2.45) is 22.1 Å². The van der Waals surface area contributed by atoms with E-state index < -0.39 is 0 Å². The monoisotopic (exact) mass is 335 g/mol. The van der Waals surface area contributed by atoms with Gasteiger partial charge in [-0.05, 0) is 43.4 Å². The van der Waals surface area contributed by atoms with Crippen LogP contribution in [0, 0.1) is 11.3 Å². The molecule has 2 aliphatic carbocycles. The number of rotatable bonds is 1. The lowest BCUT2D eigenvalue weighted by Gasteiger charge is -2.31. The largest absolute Gasteiger partial charge is 0.370 e. The van der Waals surface area contributed by atoms with Gasteiger partial charge in [0.15, 0.2) is 5.96 Å². The van der Waals surface area contributed by atoms with Gasteiger partial charge in [-0.3, -0.25) is 0 Å². The molecule has 16 heavy (non-hydrogen) atoms. The first-order chi connectivity index (χ1) is 7.20. The summed E-state index contributed by atoms with van der Waals surface area (Å²) in [6.07, 6.45) is 6.71. The van der Waals surface area contributed by atoms with E-state index in [-0.39, 0.29) is 24.0 Å². The van der Waals surface area contributed by atoms with Gasteiger partial charge in [0.25, 0.3) is 0 Å². The predicted molar refractivity (Wildman–Crippen MR) is 77.1 cm³/mol. The maximum atomic E-state index is 6.08. The van der Waals surface area contributed by atoms with Gasteiger partial charge in [-0.2, -0.15) is 0 Å². The molecule has 92 valence electrons. The topological polar surface area (TPSA) is 41.6 Å². The molecule has 3 fully saturated rings. The molecule has 2 N–H and O–H groups in total. The second-order valence-electron chi connectivity index (χ2n) is 5.76. The minimum absolute atomic E-state index is 0. The van der Waals surface area contributed by atoms with Crippen molar-refractivity contribution in [2.75, 3.05) is 13.1 Å². The van der Waals surface area contributed by atoms with Gasteiger partial charge in [0.2, 0.25) is 0 Å². The molecule has 1 heterocycles. The van der Waals surface area contributed by atoms with Crippen LogP contribution >= 0.6 is 24.0 Å². The van der Waals surface area contributed by atoms with Crippen molar-refractivity contribution < 1.29 is 0 Å². The normalized spacial score (nSPS) is 35.8. The Labute approximate surface area is 115 Å². The third-order valence-electron chi connectivity index (χ3n) is 4.31. The standard InChI is InChI=1S/C12H21N3.HI/c1-9-3-2-6-15(8-9)11(13)14-10-7-12(10)4-5-12;/h9-10H,2-8H2,1H3,(H2,13,14);1H. The van der Waals surface area contributed by atoms with E-state index in [0.29, 0.717) is 11.5 Å². The van der Waals surface area contributed by atoms with Crippen LogP contribution in [0.2, 0.25) is 0 Å². The minimum atomic E-state index is 0. The van der Waals surface area contributed by atoms with Crippen LogP contribution in [-0.4, -0.2) is 30.0 Å². The van der Waals surface area contributed by atoms with Crippen molar-refractivity contribution in [1.29, 1.82) is 0 Å². The Hall–Kier alpha value is 0. The van der Waals surface area contributed by atoms with Crippen LogP contribution in [0.3, 0.4) is 0 Å². The van der Waals surface area contributed by atoms with Gasteiger partial charge in [0, 0.05) is 13.1 Å². The summed E-state index contributed by atoms with van der Waals surface area (Å²) < 4.78 is 0. The molecule has 3 aliphatic rings. The smallest absolute Gasteiger partial charge is 0.191 e. The summed E-state index contributed by atoms with van der Waals surface area (Å²) >= 11 is 0. The first-order valence-corrected chi connectivity index (χ1v) is 6.28. The van der Waals surface area contributed by atoms with Gasteiger partial charge < -0.3 is 10.6 Å². The van der Waals surface area contributed by atoms with E-state index in [9.17, 15) is 0 Å². The van der Waals surface area contributed by atoms with Crippen molar-refractivity contribution in [3.05, 3.63) is 0 Å². The second-order valence-corrected chi connectivity index (χ2v) is 5.76. The molecule has 2 unspecified atom stereocenters. The summed E-state index contributed by atoms with van der Waals surface area (Å²) in [5, 5.41) is 0. The number of hydrogen-bond donors (Lipinski definition) is 1. The maximum absolute atomic E-state index is 6.08. The van der Waals surface area contributed by atoms with E-state index in [1.807, 2.05) is 0 Å². The van der Waals surface area contributed by atoms with E-state index in [4.69, 9.17) is 5.73 Å². The van der Waals surface area contributed by atoms with E-state index >= 15 is 0 Å². The number of aliphatic imine (C=N–C) groups is 1. The molecule has 0 radical (unpaired) electrons. The third-order valence-corrected chi connectivity index (χ3v) is 4.31. The van der Waals surface area contributed by atoms with Crippen LogP contribution in [0.15, 0.2) is 4.99 Å². The Morgan fingerprint density at radius 1 is 1.44 bits per heavy atom. The van der Waals surface area contributed by atoms with Gasteiger partial charge in [0.05, 0.1) is 6.04 Å². The summed E-state index contributed by atoms with van der Waals surface area (Å²) in [6.45, 7) is 4.52. The third kappa shape index (κ3) is 2.31. The SMILES string of the molecule is CC1CCCN(C(N)=NC2CC23CC3)C1.I. The first-order valence-electron chi connectivity index (χ1n) is 6.28. The summed E-state index contributed by atoms with van der Waals surface area (Å²) in [6, 6.07) is 0.578. The number of guanidine groups is 1. The Kier molecular flexibility index (Phi) is 3.39. The molecule has 1 saturated heterocycles. The zero-order chi connectivity index (χ0) is 10.5. The molecule has 3 rings (SSSR count). The number of hydrogen-bond acceptors (Lipinski definition) is 1. The second kappa shape index (κ2) is 4.35. The van der Waals surface area contributed by atoms with Gasteiger partial charge in [-0.15, -0.1) is 24.0 Å². The number of nitrogens with two attached hydrogens (primary N) is 1. The first kappa shape index (κ1) is 12.5. The Morgan fingerprint density at radius 3 is 2.75 bits per heavy atom. The van der Waals surface area contributed by atoms with Crippen molar-refractivity contribution in [2.45, 2.75) is 45.1 Å². The lowest BCUT2D eigenvalue weighted by atomic mass is 10.0. The lowest BCUT2D eigenvalue weighted by Crippen LogP contribution is -2.43. The van der Waals surface area contributed by atoms with Gasteiger partial charge in [-0.1, -0.05) is 6.92 Å². The van der Waals surface area contributed by atoms with Gasteiger partial charge in [-0.25, -0.2) is 4.99 Å². The van der Waals surface area contributed by atoms with E-state index in [1.54, 1.807) is 0 Å². The number of likely N-dealkylation sites (tertiary alicyclic amines) is 1. The Morgan fingerprint density at radius 2 is 2.19 bits per heavy atom. The highest BCUT2D eigenvalue weighted by Crippen LogP contribution is 2.67. The molecule has 3 nitrogen and oxygen atoms in total. The Balaban J connectivity index is 0.000000963. The molecule has 0 aromatic carbocycles. The summed E-state index contributed by atoms with van der Waals surface area (Å²) in [4.78, 5) is 6.96. The van der Waals surface area contributed by atoms with Crippen LogP contribution in [0.5, 0.6) is 0 Å². The fourth-order valence-electron chi connectivity index (χ4n) is 2.85. The molecular formula is C12H22IN3. The molecule has 1 aliphatic heterocycles. The van der Waals surface area contributed by atoms with Crippen LogP contribution in [0.1, 0.15) is 39.0 Å². The number of halogens is 1. The van der Waals surface area contributed by atoms with Crippen LogP contribution in [-0.2, 0) is 0 Å². The quantitative estimate of drug-likeness (QED) is 0.453. The predicted octanol–water partition coefficient (Wildman–Crippen LogP) is 2.20. The highest BCUT2D eigenvalue weighted by Gasteiger charge is 2.63. The van der Waals surface area contributed by atoms with Gasteiger partial charge >= 0.3 is 0 Å². The minimum Gasteiger partial charge on any atom is -0.370 e. The van der Waals surface area contributed by atoms with Crippen molar-refractivity contribution >= 4 is 29.9 Å². The van der Waals surface area contributed by atoms with E-state index in [2.05, 4.69) is 16.8 Å². The van der Waals surface area contributed by atoms with E-state index in [1.165, 1.54) is 32.1 Å². The van der Waals surface area contributed by atoms with Crippen LogP contribution in [0.25, 0.3) is 0 Å². The van der Waals surface area contributed by atoms with Gasteiger partial charge in [0.1, 0.15) is 0 Å². The zero-order valence-electron chi connectivity index (χ0n) is 9.98. The maximum Gasteiger partial charge on any atom is 0.191 e. The van der Waals surface area contributed by atoms with E-state index in [0.717, 1.165) is 25.0 Å². The highest BCUT2D eigenvalue weighted by atomic mass is 127. The molecule has 0 aromatic heterocycles. The summed E-state index contributed by atoms with van der Waals surface area (Å²) in [5.74, 6) is 1.59. The Bertz CT molecular complexity index is 299. The average molecular weight is 335 g/mol. The number of nitrogens with zero attached hydrogens (tertiary/aromatic N) is 2. The molecule has 1 spiro atoms. The summed E-state index contributed by atoms with van der Waals surface area (Å²) in [5.41, 5.74) is 6.72. The average Bonchev–Trinajstić information content (AvgIpc) is 3.09. The van der Waals surface area contributed by atoms with Crippen molar-refractivity contribution in [3.8, 4) is 0 Å². The van der Waals surface area contributed by atoms with Crippen LogP contribution < -0.4 is 5.73 Å². The fourth-order valence-corrected chi connectivity index (χ4v) is 2.85. The fraction of sp³-hybridized carbons (Fsp3) is 0.917. The molecule has 0 aromatic rings. The molecule has 0 bridgehead atoms. The van der Waals surface area contributed by atoms with Crippen molar-refractivity contribution in [1.82, 2.24) is 4.90 Å². The van der Waals surface area contributed by atoms with Crippen molar-refractivity contribution in [3.63, 3.8) is 0 Å². The molecule has 4 heteroatoms. The number of piperidine rings is 1. The zero-order valence-corrected chi connectivity index (χ0v) is 12.3. The molecule has 2 atom stereocenters. The lowest BCUT2D eigenvalue weighted by molar-refractivity contribution is 0.270. The summed E-state index contributed by atoms with van der Waals surface area (Å²) in [7, 11) is 0. The van der Waals surface area contributed by atoms with Crippen LogP contribution in [0.4, 0.5) is 0 Å². The molecule has 0 amide bonds. The molecular weight excluding hydrogens is 313 g/mol. The highest BCUT2D eigenvalue weighted by molar-refractivity contribution is 14.0.